The van der Waals surface area contributed by atoms with Crippen LogP contribution in [0.15, 0.2) is 24.3 Å². The molecule has 3 nitrogen and oxygen atoms in total. The standard InChI is InChI=1S/C14H20BrNO2/c1-4-12(15)9-16-14(17)11-5-7-13(8-6-11)18-10(2)3/h5-8,10,12H,4,9H2,1-3H3,(H,16,17). The van der Waals surface area contributed by atoms with Crippen molar-refractivity contribution in [2.45, 2.75) is 38.1 Å². The van der Waals surface area contributed by atoms with Crippen molar-refractivity contribution in [2.24, 2.45) is 0 Å². The Morgan fingerprint density at radius 1 is 1.33 bits per heavy atom. The fourth-order valence-corrected chi connectivity index (χ4v) is 1.57. The second-order valence-corrected chi connectivity index (χ2v) is 5.70. The summed E-state index contributed by atoms with van der Waals surface area (Å²) in [6.07, 6.45) is 1.13. The highest BCUT2D eigenvalue weighted by atomic mass is 79.9. The first-order valence-electron chi connectivity index (χ1n) is 6.22. The Hall–Kier alpha value is -1.03. The molecule has 1 atom stereocenters. The number of ether oxygens (including phenoxy) is 1. The van der Waals surface area contributed by atoms with Crippen molar-refractivity contribution in [2.75, 3.05) is 6.54 Å². The number of alkyl halides is 1. The lowest BCUT2D eigenvalue weighted by molar-refractivity contribution is 0.0954. The summed E-state index contributed by atoms with van der Waals surface area (Å²) in [5.41, 5.74) is 0.655. The minimum absolute atomic E-state index is 0.0519. The predicted octanol–water partition coefficient (Wildman–Crippen LogP) is 3.38. The summed E-state index contributed by atoms with van der Waals surface area (Å²) in [6, 6.07) is 7.20. The number of amides is 1. The number of carbonyl (C=O) groups excluding carboxylic acids is 1. The van der Waals surface area contributed by atoms with Gasteiger partial charge in [0.25, 0.3) is 5.91 Å². The van der Waals surface area contributed by atoms with Crippen LogP contribution in [0.1, 0.15) is 37.6 Å². The maximum Gasteiger partial charge on any atom is 0.251 e. The van der Waals surface area contributed by atoms with Gasteiger partial charge in [0, 0.05) is 16.9 Å². The maximum absolute atomic E-state index is 11.8. The summed E-state index contributed by atoms with van der Waals surface area (Å²) >= 11 is 3.48. The van der Waals surface area contributed by atoms with E-state index in [4.69, 9.17) is 4.74 Å². The Balaban J connectivity index is 2.53. The van der Waals surface area contributed by atoms with Gasteiger partial charge in [-0.1, -0.05) is 22.9 Å². The van der Waals surface area contributed by atoms with Crippen LogP contribution in [0.3, 0.4) is 0 Å². The summed E-state index contributed by atoms with van der Waals surface area (Å²) < 4.78 is 5.53. The molecule has 0 saturated carbocycles. The van der Waals surface area contributed by atoms with Crippen molar-refractivity contribution < 1.29 is 9.53 Å². The third-order valence-electron chi connectivity index (χ3n) is 2.42. The molecule has 1 aromatic carbocycles. The van der Waals surface area contributed by atoms with Crippen LogP contribution in [0.25, 0.3) is 0 Å². The van der Waals surface area contributed by atoms with Crippen LogP contribution in [0.2, 0.25) is 0 Å². The number of hydrogen-bond acceptors (Lipinski definition) is 2. The Kier molecular flexibility index (Phi) is 6.19. The highest BCUT2D eigenvalue weighted by molar-refractivity contribution is 9.09. The number of halogens is 1. The number of nitrogens with one attached hydrogen (secondary N) is 1. The molecule has 0 saturated heterocycles. The van der Waals surface area contributed by atoms with E-state index in [1.165, 1.54) is 0 Å². The molecule has 0 aliphatic carbocycles. The molecule has 18 heavy (non-hydrogen) atoms. The fourth-order valence-electron chi connectivity index (χ4n) is 1.41. The number of benzene rings is 1. The van der Waals surface area contributed by atoms with Crippen LogP contribution in [0.5, 0.6) is 5.75 Å². The monoisotopic (exact) mass is 313 g/mol. The average Bonchev–Trinajstić information content (AvgIpc) is 2.35. The van der Waals surface area contributed by atoms with Crippen LogP contribution in [0, 0.1) is 0 Å². The third kappa shape index (κ3) is 5.08. The first-order chi connectivity index (χ1) is 8.52. The van der Waals surface area contributed by atoms with Gasteiger partial charge in [0.1, 0.15) is 5.75 Å². The molecular formula is C14H20BrNO2. The smallest absolute Gasteiger partial charge is 0.251 e. The minimum atomic E-state index is -0.0519. The molecule has 1 rings (SSSR count). The molecule has 0 heterocycles. The van der Waals surface area contributed by atoms with E-state index in [-0.39, 0.29) is 12.0 Å². The Labute approximate surface area is 117 Å². The van der Waals surface area contributed by atoms with E-state index in [0.717, 1.165) is 12.2 Å². The van der Waals surface area contributed by atoms with Gasteiger partial charge in [-0.25, -0.2) is 0 Å². The molecule has 1 amide bonds. The highest BCUT2D eigenvalue weighted by Gasteiger charge is 2.08. The zero-order chi connectivity index (χ0) is 13.5. The molecule has 0 fully saturated rings. The first kappa shape index (κ1) is 15.0. The molecule has 0 spiro atoms. The van der Waals surface area contributed by atoms with E-state index in [9.17, 15) is 4.79 Å². The lowest BCUT2D eigenvalue weighted by Gasteiger charge is -2.11. The van der Waals surface area contributed by atoms with Gasteiger partial charge >= 0.3 is 0 Å². The lowest BCUT2D eigenvalue weighted by Crippen LogP contribution is -2.29. The Morgan fingerprint density at radius 2 is 1.94 bits per heavy atom. The van der Waals surface area contributed by atoms with Crippen molar-refractivity contribution >= 4 is 21.8 Å². The summed E-state index contributed by atoms with van der Waals surface area (Å²) in [6.45, 7) is 6.66. The van der Waals surface area contributed by atoms with Gasteiger partial charge in [-0.2, -0.15) is 0 Å². The van der Waals surface area contributed by atoms with Gasteiger partial charge in [-0.05, 0) is 44.5 Å². The predicted molar refractivity (Wildman–Crippen MR) is 77.5 cm³/mol. The van der Waals surface area contributed by atoms with Gasteiger partial charge in [-0.3, -0.25) is 4.79 Å². The number of carbonyl (C=O) groups is 1. The molecule has 1 unspecified atom stereocenters. The molecule has 1 aromatic rings. The number of hydrogen-bond donors (Lipinski definition) is 1. The van der Waals surface area contributed by atoms with Crippen LogP contribution < -0.4 is 10.1 Å². The number of rotatable bonds is 6. The van der Waals surface area contributed by atoms with E-state index >= 15 is 0 Å². The van der Waals surface area contributed by atoms with Gasteiger partial charge in [-0.15, -0.1) is 0 Å². The van der Waals surface area contributed by atoms with E-state index in [1.54, 1.807) is 12.1 Å². The van der Waals surface area contributed by atoms with Crippen molar-refractivity contribution in [3.8, 4) is 5.75 Å². The molecule has 0 aromatic heterocycles. The maximum atomic E-state index is 11.8. The van der Waals surface area contributed by atoms with Crippen LogP contribution >= 0.6 is 15.9 Å². The van der Waals surface area contributed by atoms with E-state index in [2.05, 4.69) is 28.2 Å². The molecule has 100 valence electrons. The van der Waals surface area contributed by atoms with Crippen molar-refractivity contribution in [1.29, 1.82) is 0 Å². The zero-order valence-corrected chi connectivity index (χ0v) is 12.7. The Bertz CT molecular complexity index is 376. The van der Waals surface area contributed by atoms with Gasteiger partial charge < -0.3 is 10.1 Å². The normalized spacial score (nSPS) is 12.3. The third-order valence-corrected chi connectivity index (χ3v) is 3.39. The second kappa shape index (κ2) is 7.41. The van der Waals surface area contributed by atoms with E-state index in [1.807, 2.05) is 26.0 Å². The van der Waals surface area contributed by atoms with Crippen LogP contribution in [-0.2, 0) is 0 Å². The zero-order valence-electron chi connectivity index (χ0n) is 11.1. The van der Waals surface area contributed by atoms with Gasteiger partial charge in [0.05, 0.1) is 6.10 Å². The SMILES string of the molecule is CCC(Br)CNC(=O)c1ccc(OC(C)C)cc1. The minimum Gasteiger partial charge on any atom is -0.491 e. The largest absolute Gasteiger partial charge is 0.491 e. The molecule has 0 bridgehead atoms. The van der Waals surface area contributed by atoms with Gasteiger partial charge in [0.15, 0.2) is 0 Å². The second-order valence-electron chi connectivity index (χ2n) is 4.41. The summed E-state index contributed by atoms with van der Waals surface area (Å²) in [5.74, 6) is 0.734. The first-order valence-corrected chi connectivity index (χ1v) is 7.13. The van der Waals surface area contributed by atoms with E-state index < -0.39 is 0 Å². The molecule has 0 radical (unpaired) electrons. The van der Waals surface area contributed by atoms with Gasteiger partial charge in [0.2, 0.25) is 0 Å². The fraction of sp³-hybridized carbons (Fsp3) is 0.500. The average molecular weight is 314 g/mol. The van der Waals surface area contributed by atoms with E-state index in [0.29, 0.717) is 16.9 Å². The quantitative estimate of drug-likeness (QED) is 0.818. The summed E-state index contributed by atoms with van der Waals surface area (Å²) in [7, 11) is 0. The van der Waals surface area contributed by atoms with Crippen molar-refractivity contribution in [3.63, 3.8) is 0 Å². The molecule has 0 aliphatic rings. The molecule has 0 aliphatic heterocycles. The highest BCUT2D eigenvalue weighted by Crippen LogP contribution is 2.14. The molecule has 1 N–H and O–H groups in total. The van der Waals surface area contributed by atoms with Crippen LogP contribution in [-0.4, -0.2) is 23.4 Å². The van der Waals surface area contributed by atoms with Crippen molar-refractivity contribution in [3.05, 3.63) is 29.8 Å². The van der Waals surface area contributed by atoms with Crippen molar-refractivity contribution in [1.82, 2.24) is 5.32 Å². The summed E-state index contributed by atoms with van der Waals surface area (Å²) in [4.78, 5) is 12.1. The van der Waals surface area contributed by atoms with Crippen LogP contribution in [0.4, 0.5) is 0 Å². The Morgan fingerprint density at radius 3 is 2.44 bits per heavy atom. The molecule has 4 heteroatoms. The lowest BCUT2D eigenvalue weighted by atomic mass is 10.2. The molecular weight excluding hydrogens is 294 g/mol. The topological polar surface area (TPSA) is 38.3 Å². The summed E-state index contributed by atoms with van der Waals surface area (Å²) in [5, 5.41) is 2.88.